The van der Waals surface area contributed by atoms with Gasteiger partial charge in [-0.05, 0) is 24.1 Å². The van der Waals surface area contributed by atoms with Crippen molar-refractivity contribution in [3.05, 3.63) is 59.2 Å². The third-order valence-corrected chi connectivity index (χ3v) is 3.02. The summed E-state index contributed by atoms with van der Waals surface area (Å²) < 4.78 is 0. The average Bonchev–Trinajstić information content (AvgIpc) is 2.39. The fourth-order valence-electron chi connectivity index (χ4n) is 1.99. The van der Waals surface area contributed by atoms with E-state index < -0.39 is 11.8 Å². The van der Waals surface area contributed by atoms with Crippen LogP contribution in [0.15, 0.2) is 48.1 Å². The summed E-state index contributed by atoms with van der Waals surface area (Å²) >= 11 is 0. The smallest absolute Gasteiger partial charge is 0.248 e. The van der Waals surface area contributed by atoms with Crippen molar-refractivity contribution in [1.29, 1.82) is 0 Å². The van der Waals surface area contributed by atoms with Crippen molar-refractivity contribution >= 4 is 11.8 Å². The van der Waals surface area contributed by atoms with Crippen molar-refractivity contribution in [2.75, 3.05) is 0 Å². The Bertz CT molecular complexity index is 541. The lowest BCUT2D eigenvalue weighted by Gasteiger charge is -2.17. The van der Waals surface area contributed by atoms with Gasteiger partial charge < -0.3 is 11.5 Å². The largest absolute Gasteiger partial charge is 0.366 e. The molecule has 4 heteroatoms. The first kappa shape index (κ1) is 12.1. The van der Waals surface area contributed by atoms with Gasteiger partial charge in [-0.1, -0.05) is 30.4 Å². The van der Waals surface area contributed by atoms with Gasteiger partial charge in [0.15, 0.2) is 0 Å². The highest BCUT2D eigenvalue weighted by atomic mass is 16.1. The molecule has 0 bridgehead atoms. The first-order valence-electron chi connectivity index (χ1n) is 5.65. The molecule has 18 heavy (non-hydrogen) atoms. The van der Waals surface area contributed by atoms with E-state index in [-0.39, 0.29) is 5.92 Å². The summed E-state index contributed by atoms with van der Waals surface area (Å²) in [6, 6.07) is 7.07. The summed E-state index contributed by atoms with van der Waals surface area (Å²) in [6.45, 7) is 0. The fourth-order valence-corrected chi connectivity index (χ4v) is 1.99. The Labute approximate surface area is 105 Å². The van der Waals surface area contributed by atoms with Crippen LogP contribution in [0.5, 0.6) is 0 Å². The Hall–Kier alpha value is -2.36. The van der Waals surface area contributed by atoms with E-state index in [1.54, 1.807) is 18.2 Å². The van der Waals surface area contributed by atoms with Crippen molar-refractivity contribution in [3.8, 4) is 0 Å². The minimum Gasteiger partial charge on any atom is -0.366 e. The lowest BCUT2D eigenvalue weighted by Crippen LogP contribution is -2.17. The van der Waals surface area contributed by atoms with Crippen LogP contribution in [0, 0.1) is 0 Å². The molecule has 0 spiro atoms. The maximum Gasteiger partial charge on any atom is 0.248 e. The minimum absolute atomic E-state index is 0.111. The average molecular weight is 242 g/mol. The predicted molar refractivity (Wildman–Crippen MR) is 68.7 cm³/mol. The van der Waals surface area contributed by atoms with Crippen molar-refractivity contribution < 1.29 is 9.59 Å². The predicted octanol–water partition coefficient (Wildman–Crippen LogP) is 1.24. The van der Waals surface area contributed by atoms with Gasteiger partial charge in [0.05, 0.1) is 0 Å². The summed E-state index contributed by atoms with van der Waals surface area (Å²) in [5.41, 5.74) is 12.6. The normalized spacial score (nSPS) is 18.2. The Morgan fingerprint density at radius 3 is 2.28 bits per heavy atom. The molecule has 0 aromatic heterocycles. The number of nitrogens with two attached hydrogens (primary N) is 2. The maximum absolute atomic E-state index is 11.1. The molecule has 4 N–H and O–H groups in total. The molecule has 92 valence electrons. The first-order chi connectivity index (χ1) is 8.58. The van der Waals surface area contributed by atoms with E-state index in [0.717, 1.165) is 5.56 Å². The molecule has 0 radical (unpaired) electrons. The molecule has 0 saturated carbocycles. The zero-order valence-electron chi connectivity index (χ0n) is 9.80. The monoisotopic (exact) mass is 242 g/mol. The first-order valence-corrected chi connectivity index (χ1v) is 5.65. The minimum atomic E-state index is -0.446. The summed E-state index contributed by atoms with van der Waals surface area (Å²) in [5, 5.41) is 0. The molecule has 4 nitrogen and oxygen atoms in total. The van der Waals surface area contributed by atoms with E-state index in [0.29, 0.717) is 17.6 Å². The van der Waals surface area contributed by atoms with Crippen LogP contribution in [0.1, 0.15) is 28.3 Å². The van der Waals surface area contributed by atoms with E-state index >= 15 is 0 Å². The zero-order chi connectivity index (χ0) is 13.1. The van der Waals surface area contributed by atoms with E-state index in [9.17, 15) is 9.59 Å². The van der Waals surface area contributed by atoms with Crippen LogP contribution in [0.3, 0.4) is 0 Å². The van der Waals surface area contributed by atoms with Crippen molar-refractivity contribution in [2.45, 2.75) is 12.3 Å². The molecule has 1 aromatic carbocycles. The topological polar surface area (TPSA) is 86.2 Å². The molecule has 1 aliphatic rings. The summed E-state index contributed by atoms with van der Waals surface area (Å²) in [7, 11) is 0. The van der Waals surface area contributed by atoms with Crippen LogP contribution in [-0.2, 0) is 4.79 Å². The van der Waals surface area contributed by atoms with Crippen LogP contribution in [0.2, 0.25) is 0 Å². The van der Waals surface area contributed by atoms with Gasteiger partial charge in [-0.15, -0.1) is 0 Å². The quantitative estimate of drug-likeness (QED) is 0.835. The molecule has 1 atom stereocenters. The highest BCUT2D eigenvalue weighted by molar-refractivity contribution is 5.93. The third-order valence-electron chi connectivity index (χ3n) is 3.02. The number of carbonyl (C=O) groups is 2. The third kappa shape index (κ3) is 2.48. The van der Waals surface area contributed by atoms with Crippen molar-refractivity contribution in [1.82, 2.24) is 0 Å². The molecular formula is C14H14N2O2. The van der Waals surface area contributed by atoms with Crippen LogP contribution in [0.4, 0.5) is 0 Å². The Balaban J connectivity index is 2.19. The second-order valence-corrected chi connectivity index (χ2v) is 4.24. The van der Waals surface area contributed by atoms with Crippen LogP contribution < -0.4 is 11.5 Å². The Morgan fingerprint density at radius 1 is 1.06 bits per heavy atom. The molecule has 2 amide bonds. The van der Waals surface area contributed by atoms with E-state index in [1.165, 1.54) is 0 Å². The summed E-state index contributed by atoms with van der Waals surface area (Å²) in [4.78, 5) is 22.1. The molecule has 0 fully saturated rings. The number of primary amides is 2. The molecule has 2 rings (SSSR count). The molecule has 0 aliphatic heterocycles. The van der Waals surface area contributed by atoms with Crippen molar-refractivity contribution in [3.63, 3.8) is 0 Å². The molecule has 0 saturated heterocycles. The fraction of sp³-hybridized carbons (Fsp3) is 0.143. The van der Waals surface area contributed by atoms with E-state index in [2.05, 4.69) is 0 Å². The van der Waals surface area contributed by atoms with Crippen LogP contribution >= 0.6 is 0 Å². The lowest BCUT2D eigenvalue weighted by molar-refractivity contribution is -0.114. The van der Waals surface area contributed by atoms with Crippen LogP contribution in [0.25, 0.3) is 0 Å². The number of hydrogen-bond acceptors (Lipinski definition) is 2. The second-order valence-electron chi connectivity index (χ2n) is 4.24. The van der Waals surface area contributed by atoms with E-state index in [4.69, 9.17) is 11.5 Å². The number of benzene rings is 1. The molecule has 1 unspecified atom stereocenters. The molecule has 1 aromatic rings. The van der Waals surface area contributed by atoms with Crippen LogP contribution in [-0.4, -0.2) is 11.8 Å². The van der Waals surface area contributed by atoms with Gasteiger partial charge in [0, 0.05) is 17.1 Å². The van der Waals surface area contributed by atoms with Crippen molar-refractivity contribution in [2.24, 2.45) is 11.5 Å². The van der Waals surface area contributed by atoms with Gasteiger partial charge >= 0.3 is 0 Å². The Kier molecular flexibility index (Phi) is 3.28. The second kappa shape index (κ2) is 4.87. The molecular weight excluding hydrogens is 228 g/mol. The van der Waals surface area contributed by atoms with Gasteiger partial charge in [-0.2, -0.15) is 0 Å². The lowest BCUT2D eigenvalue weighted by atomic mass is 9.87. The number of allylic oxidation sites excluding steroid dienone is 3. The summed E-state index contributed by atoms with van der Waals surface area (Å²) in [6.07, 6.45) is 6.15. The molecule has 1 aliphatic carbocycles. The SMILES string of the molecule is NC(=O)C1=CC=CC(c2ccc(C(N)=O)cc2)C1. The summed E-state index contributed by atoms with van der Waals surface area (Å²) in [5.74, 6) is -0.726. The van der Waals surface area contributed by atoms with Gasteiger partial charge in [0.2, 0.25) is 11.8 Å². The van der Waals surface area contributed by atoms with Gasteiger partial charge in [0.1, 0.15) is 0 Å². The zero-order valence-corrected chi connectivity index (χ0v) is 9.80. The maximum atomic E-state index is 11.1. The number of rotatable bonds is 3. The number of carbonyl (C=O) groups excluding carboxylic acids is 2. The van der Waals surface area contributed by atoms with Gasteiger partial charge in [-0.3, -0.25) is 9.59 Å². The van der Waals surface area contributed by atoms with Gasteiger partial charge in [-0.25, -0.2) is 0 Å². The van der Waals surface area contributed by atoms with Gasteiger partial charge in [0.25, 0.3) is 0 Å². The number of hydrogen-bond donors (Lipinski definition) is 2. The Morgan fingerprint density at radius 2 is 1.72 bits per heavy atom. The molecule has 0 heterocycles. The highest BCUT2D eigenvalue weighted by Gasteiger charge is 2.16. The van der Waals surface area contributed by atoms with E-state index in [1.807, 2.05) is 24.3 Å². The standard InChI is InChI=1S/C14H14N2O2/c15-13(17)10-6-4-9(5-7-10)11-2-1-3-12(8-11)14(16)18/h1-7,11H,8H2,(H2,15,17)(H2,16,18). The highest BCUT2D eigenvalue weighted by Crippen LogP contribution is 2.28. The number of amides is 2.